The second-order valence-corrected chi connectivity index (χ2v) is 23.1. The maximum atomic E-state index is 13.9. The third kappa shape index (κ3) is 31.1. The molecule has 2 rings (SSSR count). The topological polar surface area (TPSA) is 544 Å². The number of carboxylic acids is 5. The Bertz CT molecular complexity index is 2760. The number of carbonyl (C=O) groups is 18. The summed E-state index contributed by atoms with van der Waals surface area (Å²) in [7, 11) is 0. The molecule has 0 bridgehead atoms. The number of amides is 13. The van der Waals surface area contributed by atoms with Gasteiger partial charge in [0.15, 0.2) is 0 Å². The van der Waals surface area contributed by atoms with Crippen molar-refractivity contribution in [3.05, 3.63) is 12.2 Å². The van der Waals surface area contributed by atoms with Crippen LogP contribution in [-0.2, 0) is 91.0 Å². The largest absolute Gasteiger partial charge is 0.481 e. The van der Waals surface area contributed by atoms with E-state index in [2.05, 4.69) is 53.2 Å². The highest BCUT2D eigenvalue weighted by Crippen LogP contribution is 2.19. The van der Waals surface area contributed by atoms with Gasteiger partial charge in [0, 0.05) is 82.1 Å². The lowest BCUT2D eigenvalue weighted by Crippen LogP contribution is -2.59. The van der Waals surface area contributed by atoms with Crippen LogP contribution < -0.4 is 53.2 Å². The number of nitrogens with one attached hydrogen (secondary N) is 10. The van der Waals surface area contributed by atoms with Gasteiger partial charge in [-0.2, -0.15) is 11.8 Å². The molecule has 8 atom stereocenters. The fourth-order valence-corrected chi connectivity index (χ4v) is 9.66. The van der Waals surface area contributed by atoms with Crippen LogP contribution in [0.1, 0.15) is 118 Å². The van der Waals surface area contributed by atoms with Gasteiger partial charge in [0.1, 0.15) is 54.9 Å². The minimum Gasteiger partial charge on any atom is -0.481 e. The van der Waals surface area contributed by atoms with Crippen LogP contribution in [-0.4, -0.2) is 248 Å². The van der Waals surface area contributed by atoms with Gasteiger partial charge in [0.05, 0.1) is 13.2 Å². The molecule has 0 aromatic rings. The van der Waals surface area contributed by atoms with E-state index < -0.39 is 245 Å². The zero-order valence-electron chi connectivity index (χ0n) is 52.1. The molecule has 1 saturated heterocycles. The predicted molar refractivity (Wildman–Crippen MR) is 321 cm³/mol. The number of hydrogen-bond donors (Lipinski definition) is 15. The van der Waals surface area contributed by atoms with Crippen LogP contribution in [0.4, 0.5) is 0 Å². The molecule has 36 nitrogen and oxygen atoms in total. The van der Waals surface area contributed by atoms with Gasteiger partial charge in [-0.15, -0.1) is 0 Å². The van der Waals surface area contributed by atoms with Gasteiger partial charge in [0.2, 0.25) is 65.0 Å². The van der Waals surface area contributed by atoms with E-state index in [-0.39, 0.29) is 50.3 Å². The van der Waals surface area contributed by atoms with Crippen LogP contribution in [0.2, 0.25) is 0 Å². The molecule has 93 heavy (non-hydrogen) atoms. The van der Waals surface area contributed by atoms with Crippen molar-refractivity contribution in [3.8, 4) is 0 Å². The normalized spacial score (nSPS) is 15.7. The Morgan fingerprint density at radius 2 is 0.925 bits per heavy atom. The van der Waals surface area contributed by atoms with Crippen LogP contribution in [0.25, 0.3) is 0 Å². The van der Waals surface area contributed by atoms with Crippen LogP contribution in [0.15, 0.2) is 12.2 Å². The number of hydrogen-bond acceptors (Lipinski definition) is 20. The molecule has 0 aromatic heterocycles. The third-order valence-electron chi connectivity index (χ3n) is 13.7. The number of carboxylic acid groups (broad SMARTS) is 5. The van der Waals surface area contributed by atoms with Gasteiger partial charge in [-0.1, -0.05) is 13.8 Å². The summed E-state index contributed by atoms with van der Waals surface area (Å²) < 4.78 is 5.48. The number of rotatable bonds is 45. The highest BCUT2D eigenvalue weighted by molar-refractivity contribution is 7.98. The van der Waals surface area contributed by atoms with Crippen molar-refractivity contribution in [2.24, 2.45) is 5.92 Å². The van der Waals surface area contributed by atoms with E-state index in [9.17, 15) is 112 Å². The molecule has 0 saturated carbocycles. The molecule has 0 unspecified atom stereocenters. The van der Waals surface area contributed by atoms with Crippen LogP contribution >= 0.6 is 11.8 Å². The number of nitrogens with zero attached hydrogens (tertiary/aromatic N) is 2. The molecule has 13 amide bonds. The monoisotopic (exact) mass is 1340 g/mol. The molecular weight excluding hydrogens is 1260 g/mol. The zero-order valence-corrected chi connectivity index (χ0v) is 52.9. The van der Waals surface area contributed by atoms with Gasteiger partial charge in [0.25, 0.3) is 11.8 Å². The van der Waals surface area contributed by atoms with E-state index in [1.54, 1.807) is 34.0 Å². The number of ether oxygens (including phenoxy) is 1. The molecule has 2 aliphatic heterocycles. The minimum absolute atomic E-state index is 0.114. The average Bonchev–Trinajstić information content (AvgIpc) is 1.87. The summed E-state index contributed by atoms with van der Waals surface area (Å²) >= 11 is 1.33. The first-order valence-corrected chi connectivity index (χ1v) is 31.1. The van der Waals surface area contributed by atoms with E-state index in [4.69, 9.17) is 4.74 Å². The van der Waals surface area contributed by atoms with Crippen molar-refractivity contribution < 1.29 is 117 Å². The molecule has 37 heteroatoms. The molecule has 0 spiro atoms. The maximum absolute atomic E-state index is 13.9. The highest BCUT2D eigenvalue weighted by atomic mass is 32.2. The number of imide groups is 1. The zero-order chi connectivity index (χ0) is 70.1. The Hall–Kier alpha value is -9.29. The lowest BCUT2D eigenvalue weighted by Gasteiger charge is -2.27. The number of carbonyl (C=O) groups excluding carboxylic acids is 13. The van der Waals surface area contributed by atoms with Gasteiger partial charge < -0.3 is 88.3 Å². The van der Waals surface area contributed by atoms with Crippen molar-refractivity contribution >= 4 is 118 Å². The van der Waals surface area contributed by atoms with Crippen molar-refractivity contribution in [1.82, 2.24) is 63.0 Å². The fourth-order valence-electron chi connectivity index (χ4n) is 9.09. The quantitative estimate of drug-likeness (QED) is 0.0201. The van der Waals surface area contributed by atoms with Gasteiger partial charge >= 0.3 is 29.8 Å². The van der Waals surface area contributed by atoms with Gasteiger partial charge in [-0.3, -0.25) is 91.2 Å². The predicted octanol–water partition coefficient (Wildman–Crippen LogP) is -4.81. The van der Waals surface area contributed by atoms with Crippen LogP contribution in [0.5, 0.6) is 0 Å². The summed E-state index contributed by atoms with van der Waals surface area (Å²) in [5, 5.41) is 71.1. The minimum atomic E-state index is -1.97. The van der Waals surface area contributed by atoms with Crippen molar-refractivity contribution in [2.45, 2.75) is 172 Å². The molecule has 1 fully saturated rings. The Morgan fingerprint density at radius 1 is 0.516 bits per heavy atom. The van der Waals surface area contributed by atoms with E-state index in [1.165, 1.54) is 16.7 Å². The Morgan fingerprint density at radius 3 is 1.34 bits per heavy atom. The first kappa shape index (κ1) is 79.8. The second kappa shape index (κ2) is 41.2. The Kier molecular flexibility index (Phi) is 35.4. The third-order valence-corrected chi connectivity index (χ3v) is 14.4. The first-order valence-electron chi connectivity index (χ1n) is 29.7. The Balaban J connectivity index is 2.20. The standard InChI is InChI=1S/C56H84N12O24S/c1-29(2)25-36(50(85)58-26-40(70)61-37(28-93-5)55(90)59-30(3)4)66-56(91)38-7-6-22-67(38)43(73)27-92-24-21-57-49(84)31(8-15-44(74)75)62-52(87)33(10-17-46(78)79)64-54(89)35(12-19-48(82)83)65-53(88)34(11-18-47(80)81)63-51(86)32(9-16-45(76)77)60-39(69)20-23-68-41(71)13-14-42(68)72/h13-14,29-38H,6-12,15-28H2,1-5H3,(H,57,84)(H,58,85)(H,59,90)(H,60,69)(H,61,70)(H,62,87)(H,63,86)(H,64,89)(H,65,88)(H,66,91)(H,74,75)(H,76,77)(H,78,79)(H,80,81)(H,82,83)/t31-,32-,33-,34-,35-,36+,37+,38+/m1/s1. The molecule has 518 valence electrons. The second-order valence-electron chi connectivity index (χ2n) is 22.2. The maximum Gasteiger partial charge on any atom is 0.303 e. The average molecular weight is 1340 g/mol. The number of aliphatic carboxylic acids is 5. The molecule has 2 heterocycles. The highest BCUT2D eigenvalue weighted by Gasteiger charge is 2.38. The summed E-state index contributed by atoms with van der Waals surface area (Å²) in [4.78, 5) is 232. The molecule has 0 radical (unpaired) electrons. The lowest BCUT2D eigenvalue weighted by atomic mass is 10.0. The SMILES string of the molecule is CSC[C@H](NC(=O)CNC(=O)[C@H](CC(C)C)NC(=O)[C@@H]1CCCN1C(=O)COCCNC(=O)[C@@H](CCC(=O)O)NC(=O)[C@@H](CCC(=O)O)NC(=O)[C@@H](CCC(=O)O)NC(=O)[C@@H](CCC(=O)O)NC(=O)[C@@H](CCC(=O)O)NC(=O)CCN1C(=O)C=CC1=O)C(=O)NC(C)C. The van der Waals surface area contributed by atoms with Crippen molar-refractivity contribution in [3.63, 3.8) is 0 Å². The van der Waals surface area contributed by atoms with Gasteiger partial charge in [-0.05, 0) is 77.4 Å². The smallest absolute Gasteiger partial charge is 0.303 e. The molecule has 0 aliphatic carbocycles. The summed E-state index contributed by atoms with van der Waals surface area (Å²) in [5.41, 5.74) is 0. The molecule has 0 aromatic carbocycles. The fraction of sp³-hybridized carbons (Fsp3) is 0.643. The van der Waals surface area contributed by atoms with Gasteiger partial charge in [-0.25, -0.2) is 0 Å². The van der Waals surface area contributed by atoms with E-state index in [1.807, 2.05) is 0 Å². The molecule has 15 N–H and O–H groups in total. The van der Waals surface area contributed by atoms with E-state index in [0.717, 1.165) is 12.2 Å². The molecular formula is C56H84N12O24S. The summed E-state index contributed by atoms with van der Waals surface area (Å²) in [6.07, 6.45) is -3.66. The first-order chi connectivity index (χ1) is 43.7. The summed E-state index contributed by atoms with van der Waals surface area (Å²) in [6.45, 7) is 4.94. The van der Waals surface area contributed by atoms with Crippen LogP contribution in [0.3, 0.4) is 0 Å². The van der Waals surface area contributed by atoms with Crippen molar-refractivity contribution in [2.75, 3.05) is 51.4 Å². The van der Waals surface area contributed by atoms with E-state index >= 15 is 0 Å². The summed E-state index contributed by atoms with van der Waals surface area (Å²) in [6, 6.07) is -12.5. The number of thioether (sulfide) groups is 1. The summed E-state index contributed by atoms with van der Waals surface area (Å²) in [5.74, 6) is -19.0. The van der Waals surface area contributed by atoms with Crippen molar-refractivity contribution in [1.29, 1.82) is 0 Å². The van der Waals surface area contributed by atoms with E-state index in [0.29, 0.717) is 11.3 Å². The lowest BCUT2D eigenvalue weighted by molar-refractivity contribution is -0.142. The molecule has 2 aliphatic rings. The number of likely N-dealkylation sites (tertiary alicyclic amines) is 1. The Labute approximate surface area is 537 Å². The van der Waals surface area contributed by atoms with Crippen LogP contribution in [0, 0.1) is 5.92 Å².